The number of nitrogens with one attached hydrogen (secondary N) is 2. The van der Waals surface area contributed by atoms with Crippen LogP contribution < -0.4 is 10.1 Å². The highest BCUT2D eigenvalue weighted by molar-refractivity contribution is 5.96. The topological polar surface area (TPSA) is 67.0 Å². The van der Waals surface area contributed by atoms with Crippen LogP contribution in [-0.2, 0) is 6.42 Å². The van der Waals surface area contributed by atoms with Gasteiger partial charge in [-0.05, 0) is 35.7 Å². The van der Waals surface area contributed by atoms with Gasteiger partial charge >= 0.3 is 0 Å². The zero-order valence-corrected chi connectivity index (χ0v) is 14.7. The van der Waals surface area contributed by atoms with Gasteiger partial charge in [-0.15, -0.1) is 0 Å². The Labute approximate surface area is 157 Å². The van der Waals surface area contributed by atoms with Gasteiger partial charge in [0.15, 0.2) is 5.75 Å². The smallest absolute Gasteiger partial charge is 0.255 e. The normalized spacial score (nSPS) is 10.7. The van der Waals surface area contributed by atoms with Crippen molar-refractivity contribution in [2.45, 2.75) is 6.42 Å². The van der Waals surface area contributed by atoms with Crippen LogP contribution in [0, 0.1) is 0 Å². The summed E-state index contributed by atoms with van der Waals surface area (Å²) >= 11 is 0. The zero-order chi connectivity index (χ0) is 18.5. The Kier molecular flexibility index (Phi) is 4.83. The number of para-hydroxylation sites is 2. The maximum atomic E-state index is 12.6. The molecule has 0 aliphatic carbocycles. The lowest BCUT2D eigenvalue weighted by atomic mass is 10.2. The zero-order valence-electron chi connectivity index (χ0n) is 14.7. The highest BCUT2D eigenvalue weighted by Crippen LogP contribution is 2.24. The number of hydrogen-bond acceptors (Lipinski definition) is 3. The Morgan fingerprint density at radius 2 is 1.85 bits per heavy atom. The van der Waals surface area contributed by atoms with Crippen LogP contribution in [0.1, 0.15) is 16.1 Å². The number of pyridine rings is 1. The van der Waals surface area contributed by atoms with Gasteiger partial charge in [-0.1, -0.05) is 36.4 Å². The summed E-state index contributed by atoms with van der Waals surface area (Å²) in [6.07, 6.45) is 3.87. The molecule has 0 aliphatic rings. The van der Waals surface area contributed by atoms with E-state index < -0.39 is 0 Å². The summed E-state index contributed by atoms with van der Waals surface area (Å²) in [7, 11) is 0. The van der Waals surface area contributed by atoms with E-state index in [1.54, 1.807) is 18.5 Å². The van der Waals surface area contributed by atoms with E-state index in [-0.39, 0.29) is 5.91 Å². The molecule has 2 heterocycles. The molecule has 2 aromatic heterocycles. The van der Waals surface area contributed by atoms with Crippen LogP contribution in [0.2, 0.25) is 0 Å². The lowest BCUT2D eigenvalue weighted by Crippen LogP contribution is -2.26. The number of fused-ring (bicyclic) bond motifs is 1. The van der Waals surface area contributed by atoms with E-state index in [9.17, 15) is 4.79 Å². The van der Waals surface area contributed by atoms with Crippen LogP contribution in [-0.4, -0.2) is 22.4 Å². The fraction of sp³-hybridized carbons (Fsp3) is 0.0909. The number of aromatic nitrogens is 2. The third-order valence-corrected chi connectivity index (χ3v) is 4.27. The molecular formula is C22H19N3O2. The first-order chi connectivity index (χ1) is 13.3. The summed E-state index contributed by atoms with van der Waals surface area (Å²) in [5.74, 6) is 0.920. The molecule has 0 bridgehead atoms. The summed E-state index contributed by atoms with van der Waals surface area (Å²) in [5.41, 5.74) is 2.66. The quantitative estimate of drug-likeness (QED) is 0.540. The Balaban J connectivity index is 1.41. The van der Waals surface area contributed by atoms with E-state index in [1.807, 2.05) is 48.5 Å². The predicted molar refractivity (Wildman–Crippen MR) is 105 cm³/mol. The number of aromatic amines is 1. The van der Waals surface area contributed by atoms with E-state index in [4.69, 9.17) is 4.74 Å². The molecule has 0 saturated heterocycles. The van der Waals surface area contributed by atoms with Crippen molar-refractivity contribution in [3.8, 4) is 11.5 Å². The highest BCUT2D eigenvalue weighted by atomic mass is 16.5. The SMILES string of the molecule is O=C(NCCc1cc2ccccc2[nH]1)c1ccncc1Oc1ccccc1. The van der Waals surface area contributed by atoms with Crippen LogP contribution in [0.25, 0.3) is 10.9 Å². The first kappa shape index (κ1) is 16.8. The van der Waals surface area contributed by atoms with Crippen molar-refractivity contribution >= 4 is 16.8 Å². The Bertz CT molecular complexity index is 1020. The van der Waals surface area contributed by atoms with E-state index >= 15 is 0 Å². The lowest BCUT2D eigenvalue weighted by Gasteiger charge is -2.10. The molecule has 5 heteroatoms. The summed E-state index contributed by atoms with van der Waals surface area (Å²) in [6, 6.07) is 21.2. The Morgan fingerprint density at radius 3 is 2.70 bits per heavy atom. The monoisotopic (exact) mass is 357 g/mol. The van der Waals surface area contributed by atoms with E-state index in [1.165, 1.54) is 5.39 Å². The van der Waals surface area contributed by atoms with Crippen molar-refractivity contribution in [3.63, 3.8) is 0 Å². The van der Waals surface area contributed by atoms with Crippen molar-refractivity contribution in [3.05, 3.63) is 90.4 Å². The van der Waals surface area contributed by atoms with E-state index in [2.05, 4.69) is 27.4 Å². The molecule has 0 fully saturated rings. The van der Waals surface area contributed by atoms with Crippen LogP contribution in [0.5, 0.6) is 11.5 Å². The third kappa shape index (κ3) is 3.98. The largest absolute Gasteiger partial charge is 0.455 e. The molecule has 0 unspecified atom stereocenters. The molecule has 0 spiro atoms. The molecule has 1 amide bonds. The maximum absolute atomic E-state index is 12.6. The number of benzene rings is 2. The Morgan fingerprint density at radius 1 is 1.04 bits per heavy atom. The van der Waals surface area contributed by atoms with Crippen molar-refractivity contribution in [1.29, 1.82) is 0 Å². The summed E-state index contributed by atoms with van der Waals surface area (Å²) in [6.45, 7) is 0.527. The molecule has 27 heavy (non-hydrogen) atoms. The second-order valence-electron chi connectivity index (χ2n) is 6.17. The number of rotatable bonds is 6. The number of H-pyrrole nitrogens is 1. The number of carbonyl (C=O) groups excluding carboxylic acids is 1. The van der Waals surface area contributed by atoms with Gasteiger partial charge in [0.2, 0.25) is 0 Å². The minimum atomic E-state index is -0.181. The molecular weight excluding hydrogens is 338 g/mol. The molecule has 0 saturated carbocycles. The van der Waals surface area contributed by atoms with Gasteiger partial charge < -0.3 is 15.0 Å². The van der Waals surface area contributed by atoms with E-state index in [0.29, 0.717) is 23.6 Å². The lowest BCUT2D eigenvalue weighted by molar-refractivity contribution is 0.0951. The van der Waals surface area contributed by atoms with Gasteiger partial charge in [0.1, 0.15) is 5.75 Å². The Hall–Kier alpha value is -3.60. The van der Waals surface area contributed by atoms with Crippen LogP contribution >= 0.6 is 0 Å². The average Bonchev–Trinajstić information content (AvgIpc) is 3.12. The van der Waals surface area contributed by atoms with Crippen molar-refractivity contribution in [2.24, 2.45) is 0 Å². The maximum Gasteiger partial charge on any atom is 0.255 e. The standard InChI is InChI=1S/C22H19N3O2/c26-22(24-13-10-17-14-16-6-4-5-9-20(16)25-17)19-11-12-23-15-21(19)27-18-7-2-1-3-8-18/h1-9,11-12,14-15,25H,10,13H2,(H,24,26). The highest BCUT2D eigenvalue weighted by Gasteiger charge is 2.13. The molecule has 0 radical (unpaired) electrons. The van der Waals surface area contributed by atoms with Gasteiger partial charge in [0.25, 0.3) is 5.91 Å². The van der Waals surface area contributed by atoms with E-state index in [0.717, 1.165) is 17.6 Å². The van der Waals surface area contributed by atoms with Crippen molar-refractivity contribution < 1.29 is 9.53 Å². The number of nitrogens with zero attached hydrogens (tertiary/aromatic N) is 1. The summed E-state index contributed by atoms with van der Waals surface area (Å²) in [4.78, 5) is 20.0. The van der Waals surface area contributed by atoms with Crippen LogP contribution in [0.15, 0.2) is 79.1 Å². The summed E-state index contributed by atoms with van der Waals surface area (Å²) in [5, 5.41) is 4.12. The van der Waals surface area contributed by atoms with Crippen LogP contribution in [0.4, 0.5) is 0 Å². The molecule has 0 aliphatic heterocycles. The fourth-order valence-electron chi connectivity index (χ4n) is 2.94. The van der Waals surface area contributed by atoms with Crippen molar-refractivity contribution in [1.82, 2.24) is 15.3 Å². The van der Waals surface area contributed by atoms with Gasteiger partial charge in [0, 0.05) is 30.4 Å². The molecule has 2 aromatic carbocycles. The molecule has 4 aromatic rings. The van der Waals surface area contributed by atoms with Gasteiger partial charge in [0.05, 0.1) is 11.8 Å². The van der Waals surface area contributed by atoms with Gasteiger partial charge in [-0.25, -0.2) is 0 Å². The molecule has 4 rings (SSSR count). The summed E-state index contributed by atoms with van der Waals surface area (Å²) < 4.78 is 5.81. The second-order valence-corrected chi connectivity index (χ2v) is 6.17. The third-order valence-electron chi connectivity index (χ3n) is 4.27. The predicted octanol–water partition coefficient (Wildman–Crippen LogP) is 4.33. The fourth-order valence-corrected chi connectivity index (χ4v) is 2.94. The number of carbonyl (C=O) groups is 1. The van der Waals surface area contributed by atoms with Crippen LogP contribution in [0.3, 0.4) is 0 Å². The molecule has 2 N–H and O–H groups in total. The minimum absolute atomic E-state index is 0.181. The number of hydrogen-bond donors (Lipinski definition) is 2. The first-order valence-electron chi connectivity index (χ1n) is 8.81. The van der Waals surface area contributed by atoms with Gasteiger partial charge in [-0.2, -0.15) is 0 Å². The molecule has 5 nitrogen and oxygen atoms in total. The minimum Gasteiger partial charge on any atom is -0.455 e. The number of amides is 1. The van der Waals surface area contributed by atoms with Crippen molar-refractivity contribution in [2.75, 3.05) is 6.54 Å². The number of ether oxygens (including phenoxy) is 1. The first-order valence-corrected chi connectivity index (χ1v) is 8.81. The second kappa shape index (κ2) is 7.74. The van der Waals surface area contributed by atoms with Gasteiger partial charge in [-0.3, -0.25) is 9.78 Å². The molecule has 0 atom stereocenters. The average molecular weight is 357 g/mol. The molecule has 134 valence electrons.